The van der Waals surface area contributed by atoms with Gasteiger partial charge in [-0.05, 0) is 27.7 Å². The molecule has 1 amide bonds. The van der Waals surface area contributed by atoms with Crippen LogP contribution in [0.4, 0.5) is 0 Å². The summed E-state index contributed by atoms with van der Waals surface area (Å²) in [5.41, 5.74) is -0.483. The highest BCUT2D eigenvalue weighted by Gasteiger charge is 2.31. The Morgan fingerprint density at radius 1 is 1.33 bits per heavy atom. The van der Waals surface area contributed by atoms with E-state index in [1.807, 2.05) is 20.8 Å². The fourth-order valence-electron chi connectivity index (χ4n) is 1.33. The average Bonchev–Trinajstić information content (AvgIpc) is 2.27. The molecule has 0 aliphatic heterocycles. The van der Waals surface area contributed by atoms with E-state index in [0.29, 0.717) is 6.54 Å². The Morgan fingerprint density at radius 3 is 2.39 bits per heavy atom. The highest BCUT2D eigenvalue weighted by Crippen LogP contribution is 2.13. The van der Waals surface area contributed by atoms with Crippen molar-refractivity contribution in [3.63, 3.8) is 0 Å². The fourth-order valence-corrected chi connectivity index (χ4v) is 1.33. The van der Waals surface area contributed by atoms with Crippen LogP contribution in [0, 0.1) is 12.3 Å². The Hall–Kier alpha value is -1.54. The molecule has 0 aliphatic carbocycles. The lowest BCUT2D eigenvalue weighted by atomic mass is 10.1. The van der Waals surface area contributed by atoms with Gasteiger partial charge < -0.3 is 14.4 Å². The summed E-state index contributed by atoms with van der Waals surface area (Å²) in [6.07, 6.45) is 5.05. The summed E-state index contributed by atoms with van der Waals surface area (Å²) in [4.78, 5) is 24.8. The molecule has 0 rings (SSSR count). The molecular formula is C13H21NO4. The molecule has 0 fully saturated rings. The summed E-state index contributed by atoms with van der Waals surface area (Å²) in [5.74, 6) is 0.833. The largest absolute Gasteiger partial charge is 0.459 e. The van der Waals surface area contributed by atoms with Gasteiger partial charge in [0, 0.05) is 12.1 Å². The third kappa shape index (κ3) is 5.69. The Labute approximate surface area is 108 Å². The van der Waals surface area contributed by atoms with Crippen LogP contribution in [0.5, 0.6) is 0 Å². The van der Waals surface area contributed by atoms with Crippen molar-refractivity contribution in [2.75, 3.05) is 26.4 Å². The zero-order valence-corrected chi connectivity index (χ0v) is 11.5. The Kier molecular flexibility index (Phi) is 7.06. The smallest absolute Gasteiger partial charge is 0.397 e. The van der Waals surface area contributed by atoms with Crippen molar-refractivity contribution in [1.82, 2.24) is 4.90 Å². The minimum atomic E-state index is -0.843. The van der Waals surface area contributed by atoms with Crippen LogP contribution in [-0.2, 0) is 19.1 Å². The van der Waals surface area contributed by atoms with Crippen LogP contribution in [0.1, 0.15) is 27.7 Å². The number of amides is 1. The van der Waals surface area contributed by atoms with Crippen molar-refractivity contribution in [3.8, 4) is 12.3 Å². The number of ether oxygens (including phenoxy) is 2. The second-order valence-electron chi connectivity index (χ2n) is 4.60. The quantitative estimate of drug-likeness (QED) is 0.316. The number of hydrogen-bond donors (Lipinski definition) is 0. The molecule has 102 valence electrons. The predicted molar refractivity (Wildman–Crippen MR) is 67.8 cm³/mol. The van der Waals surface area contributed by atoms with E-state index in [0.717, 1.165) is 0 Å². The third-order valence-electron chi connectivity index (χ3n) is 2.15. The molecule has 0 atom stereocenters. The van der Waals surface area contributed by atoms with Gasteiger partial charge in [0.25, 0.3) is 0 Å². The van der Waals surface area contributed by atoms with Crippen molar-refractivity contribution in [1.29, 1.82) is 0 Å². The lowest BCUT2D eigenvalue weighted by Gasteiger charge is -2.34. The molecule has 0 radical (unpaired) electrons. The lowest BCUT2D eigenvalue weighted by Crippen LogP contribution is -2.50. The molecule has 0 aromatic carbocycles. The molecule has 0 aromatic heterocycles. The number of hydrogen-bond acceptors (Lipinski definition) is 4. The Morgan fingerprint density at radius 2 is 1.94 bits per heavy atom. The molecule has 0 bridgehead atoms. The zero-order valence-electron chi connectivity index (χ0n) is 11.5. The minimum absolute atomic E-state index is 0.177. The summed E-state index contributed by atoms with van der Waals surface area (Å²) in [7, 11) is 0. The standard InChI is InChI=1S/C13H21NO4/c1-6-9-17-10-8-14(13(3,4)5)11(15)12(16)18-7-2/h1H,7-10H2,2-5H3. The number of nitrogens with zero attached hydrogens (tertiary/aromatic N) is 1. The molecule has 0 heterocycles. The normalized spacial score (nSPS) is 10.6. The number of rotatable bonds is 5. The second-order valence-corrected chi connectivity index (χ2v) is 4.60. The maximum absolute atomic E-state index is 11.9. The van der Waals surface area contributed by atoms with Gasteiger partial charge in [0.2, 0.25) is 0 Å². The van der Waals surface area contributed by atoms with Crippen molar-refractivity contribution < 1.29 is 19.1 Å². The average molecular weight is 255 g/mol. The maximum Gasteiger partial charge on any atom is 0.397 e. The van der Waals surface area contributed by atoms with Gasteiger partial charge in [0.1, 0.15) is 6.61 Å². The summed E-state index contributed by atoms with van der Waals surface area (Å²) < 4.78 is 9.82. The van der Waals surface area contributed by atoms with Gasteiger partial charge in [-0.15, -0.1) is 6.42 Å². The number of carbonyl (C=O) groups excluding carboxylic acids is 2. The number of esters is 1. The van der Waals surface area contributed by atoms with E-state index in [2.05, 4.69) is 5.92 Å². The van der Waals surface area contributed by atoms with Crippen LogP contribution >= 0.6 is 0 Å². The predicted octanol–water partition coefficient (Wildman–Crippen LogP) is 0.826. The topological polar surface area (TPSA) is 55.8 Å². The van der Waals surface area contributed by atoms with Crippen LogP contribution < -0.4 is 0 Å². The zero-order chi connectivity index (χ0) is 14.2. The Balaban J connectivity index is 4.55. The number of terminal acetylenes is 1. The molecule has 0 N–H and O–H groups in total. The van der Waals surface area contributed by atoms with E-state index in [9.17, 15) is 9.59 Å². The van der Waals surface area contributed by atoms with Crippen LogP contribution in [0.3, 0.4) is 0 Å². The molecule has 0 unspecified atom stereocenters. The summed E-state index contributed by atoms with van der Waals surface area (Å²) in [6.45, 7) is 8.11. The molecule has 5 heteroatoms. The first-order chi connectivity index (χ1) is 8.34. The summed E-state index contributed by atoms with van der Waals surface area (Å²) in [5, 5.41) is 0. The molecule has 0 saturated heterocycles. The van der Waals surface area contributed by atoms with Gasteiger partial charge in [-0.3, -0.25) is 4.79 Å². The van der Waals surface area contributed by atoms with Crippen molar-refractivity contribution in [2.45, 2.75) is 33.2 Å². The molecule has 0 aromatic rings. The highest BCUT2D eigenvalue weighted by atomic mass is 16.5. The SMILES string of the molecule is C#CCOCCN(C(=O)C(=O)OCC)C(C)(C)C. The van der Waals surface area contributed by atoms with Gasteiger partial charge in [0.15, 0.2) is 0 Å². The van der Waals surface area contributed by atoms with E-state index in [1.54, 1.807) is 6.92 Å². The van der Waals surface area contributed by atoms with Gasteiger partial charge in [-0.1, -0.05) is 5.92 Å². The first-order valence-corrected chi connectivity index (χ1v) is 5.84. The molecule has 18 heavy (non-hydrogen) atoms. The monoisotopic (exact) mass is 255 g/mol. The van der Waals surface area contributed by atoms with Crippen molar-refractivity contribution in [3.05, 3.63) is 0 Å². The van der Waals surface area contributed by atoms with E-state index in [-0.39, 0.29) is 19.8 Å². The molecular weight excluding hydrogens is 234 g/mol. The second kappa shape index (κ2) is 7.72. The fraction of sp³-hybridized carbons (Fsp3) is 0.692. The van der Waals surface area contributed by atoms with Gasteiger partial charge in [0.05, 0.1) is 13.2 Å². The van der Waals surface area contributed by atoms with Gasteiger partial charge in [-0.2, -0.15) is 0 Å². The van der Waals surface area contributed by atoms with Crippen LogP contribution in [0.25, 0.3) is 0 Å². The molecule has 0 saturated carbocycles. The molecule has 0 aliphatic rings. The van der Waals surface area contributed by atoms with Crippen molar-refractivity contribution in [2.24, 2.45) is 0 Å². The van der Waals surface area contributed by atoms with Crippen LogP contribution in [0.15, 0.2) is 0 Å². The van der Waals surface area contributed by atoms with E-state index >= 15 is 0 Å². The summed E-state index contributed by atoms with van der Waals surface area (Å²) >= 11 is 0. The number of carbonyl (C=O) groups is 2. The molecule has 0 spiro atoms. The Bertz CT molecular complexity index is 325. The first kappa shape index (κ1) is 16.5. The van der Waals surface area contributed by atoms with Crippen LogP contribution in [-0.4, -0.2) is 48.7 Å². The van der Waals surface area contributed by atoms with E-state index in [4.69, 9.17) is 15.9 Å². The minimum Gasteiger partial charge on any atom is -0.459 e. The van der Waals surface area contributed by atoms with E-state index in [1.165, 1.54) is 4.90 Å². The highest BCUT2D eigenvalue weighted by molar-refractivity contribution is 6.32. The third-order valence-corrected chi connectivity index (χ3v) is 2.15. The van der Waals surface area contributed by atoms with Crippen LogP contribution in [0.2, 0.25) is 0 Å². The van der Waals surface area contributed by atoms with Gasteiger partial charge in [-0.25, -0.2) is 4.79 Å². The van der Waals surface area contributed by atoms with E-state index < -0.39 is 17.4 Å². The van der Waals surface area contributed by atoms with Gasteiger partial charge >= 0.3 is 11.9 Å². The molecule has 5 nitrogen and oxygen atoms in total. The first-order valence-electron chi connectivity index (χ1n) is 5.84. The summed E-state index contributed by atoms with van der Waals surface area (Å²) in [6, 6.07) is 0. The van der Waals surface area contributed by atoms with Crippen molar-refractivity contribution >= 4 is 11.9 Å². The lowest BCUT2D eigenvalue weighted by molar-refractivity contribution is -0.162. The maximum atomic E-state index is 11.9.